The first-order chi connectivity index (χ1) is 20.7. The van der Waals surface area contributed by atoms with Gasteiger partial charge in [0.15, 0.2) is 34.7 Å². The summed E-state index contributed by atoms with van der Waals surface area (Å²) in [5, 5.41) is 23.0. The molecular formula is C32H38N2O10. The zero-order valence-electron chi connectivity index (χ0n) is 25.2. The highest BCUT2D eigenvalue weighted by Gasteiger charge is 2.74. The molecule has 1 aromatic rings. The standard InChI is InChI=1S/C32H38N2O10/c1-5-18(37)44-28-20-13(2)19-15(12-17(36)14-8-6-7-9-14)10-11-16(35)21(19)26(38)22(20)29(40)32(43)24(28)25(34(3)4)27(39)23(30(32)41)31(33)42/h10-11,13-14,20,22-25,28,35,43H,5-9,12H2,1-4H3,(H2,33,42)/t13-,20+,22?,23?,24+,25-,28-,32-/m1/s1. The van der Waals surface area contributed by atoms with E-state index in [9.17, 15) is 43.8 Å². The van der Waals surface area contributed by atoms with Crippen molar-refractivity contribution in [3.8, 4) is 5.75 Å². The number of benzene rings is 1. The number of rotatable bonds is 7. The molecule has 1 aromatic carbocycles. The van der Waals surface area contributed by atoms with Crippen LogP contribution >= 0.6 is 0 Å². The van der Waals surface area contributed by atoms with Crippen LogP contribution in [0.4, 0.5) is 0 Å². The summed E-state index contributed by atoms with van der Waals surface area (Å²) >= 11 is 0. The van der Waals surface area contributed by atoms with Gasteiger partial charge in [0, 0.05) is 24.7 Å². The summed E-state index contributed by atoms with van der Waals surface area (Å²) in [6.07, 6.45) is 1.76. The second-order valence-corrected chi connectivity index (χ2v) is 12.8. The van der Waals surface area contributed by atoms with Crippen LogP contribution in [-0.4, -0.2) is 87.7 Å². The molecule has 0 spiro atoms. The van der Waals surface area contributed by atoms with Crippen molar-refractivity contribution in [2.75, 3.05) is 14.1 Å². The van der Waals surface area contributed by atoms with E-state index in [2.05, 4.69) is 0 Å². The van der Waals surface area contributed by atoms with Gasteiger partial charge in [0.25, 0.3) is 0 Å². The van der Waals surface area contributed by atoms with Crippen molar-refractivity contribution < 1.29 is 48.5 Å². The number of ether oxygens (including phenoxy) is 1. The molecular weight excluding hydrogens is 572 g/mol. The highest BCUT2D eigenvalue weighted by Crippen LogP contribution is 2.56. The van der Waals surface area contributed by atoms with Crippen LogP contribution in [0.1, 0.15) is 73.4 Å². The molecule has 12 nitrogen and oxygen atoms in total. The molecule has 0 aromatic heterocycles. The van der Waals surface area contributed by atoms with E-state index in [1.807, 2.05) is 0 Å². The average Bonchev–Trinajstić information content (AvgIpc) is 3.50. The molecule has 3 fully saturated rings. The molecule has 2 unspecified atom stereocenters. The Morgan fingerprint density at radius 1 is 1.07 bits per heavy atom. The van der Waals surface area contributed by atoms with E-state index in [1.54, 1.807) is 13.0 Å². The van der Waals surface area contributed by atoms with Crippen LogP contribution in [0, 0.1) is 29.6 Å². The van der Waals surface area contributed by atoms with Crippen LogP contribution in [0.25, 0.3) is 0 Å². The molecule has 0 aliphatic heterocycles. The lowest BCUT2D eigenvalue weighted by atomic mass is 9.49. The highest BCUT2D eigenvalue weighted by atomic mass is 16.5. The lowest BCUT2D eigenvalue weighted by Crippen LogP contribution is -2.78. The van der Waals surface area contributed by atoms with Crippen molar-refractivity contribution in [1.29, 1.82) is 0 Å². The van der Waals surface area contributed by atoms with Gasteiger partial charge in [0.1, 0.15) is 17.6 Å². The van der Waals surface area contributed by atoms with Crippen LogP contribution in [0.15, 0.2) is 12.1 Å². The van der Waals surface area contributed by atoms with Crippen LogP contribution in [0.3, 0.4) is 0 Å². The number of nitrogens with zero attached hydrogens (tertiary/aromatic N) is 1. The van der Waals surface area contributed by atoms with E-state index < -0.39 is 88.1 Å². The van der Waals surface area contributed by atoms with Gasteiger partial charge < -0.3 is 20.7 Å². The number of primary amides is 1. The summed E-state index contributed by atoms with van der Waals surface area (Å²) in [5.74, 6) is -14.9. The number of nitrogens with two attached hydrogens (primary N) is 1. The summed E-state index contributed by atoms with van der Waals surface area (Å²) in [6.45, 7) is 3.18. The van der Waals surface area contributed by atoms with Crippen molar-refractivity contribution in [1.82, 2.24) is 4.90 Å². The molecule has 8 atom stereocenters. The van der Waals surface area contributed by atoms with Gasteiger partial charge in [-0.25, -0.2) is 0 Å². The third-order valence-corrected chi connectivity index (χ3v) is 10.3. The van der Waals surface area contributed by atoms with E-state index >= 15 is 0 Å². The van der Waals surface area contributed by atoms with Gasteiger partial charge in [-0.2, -0.15) is 0 Å². The first-order valence-electron chi connectivity index (χ1n) is 15.1. The molecule has 5 rings (SSSR count). The lowest BCUT2D eigenvalue weighted by molar-refractivity contribution is -0.205. The highest BCUT2D eigenvalue weighted by molar-refractivity contribution is 6.32. The number of amides is 1. The zero-order valence-corrected chi connectivity index (χ0v) is 25.2. The Labute approximate surface area is 254 Å². The van der Waals surface area contributed by atoms with Crippen molar-refractivity contribution in [3.05, 3.63) is 28.8 Å². The van der Waals surface area contributed by atoms with E-state index in [0.717, 1.165) is 25.7 Å². The van der Waals surface area contributed by atoms with E-state index in [-0.39, 0.29) is 30.1 Å². The van der Waals surface area contributed by atoms with Gasteiger partial charge in [-0.15, -0.1) is 0 Å². The number of carbonyl (C=O) groups is 7. The Kier molecular flexibility index (Phi) is 8.13. The van der Waals surface area contributed by atoms with Crippen LogP contribution in [0.5, 0.6) is 5.75 Å². The molecule has 0 radical (unpaired) electrons. The number of Topliss-reactive ketones (excluding diaryl/α,β-unsaturated/α-hetero) is 5. The van der Waals surface area contributed by atoms with Crippen LogP contribution in [-0.2, 0) is 39.9 Å². The first-order valence-corrected chi connectivity index (χ1v) is 15.1. The molecule has 12 heteroatoms. The number of hydrogen-bond donors (Lipinski definition) is 3. The number of esters is 1. The molecule has 3 saturated carbocycles. The van der Waals surface area contributed by atoms with Crippen molar-refractivity contribution in [2.45, 2.75) is 76.0 Å². The number of carbonyl (C=O) groups excluding carboxylic acids is 7. The fraction of sp³-hybridized carbons (Fsp3) is 0.594. The molecule has 0 heterocycles. The molecule has 4 aliphatic carbocycles. The van der Waals surface area contributed by atoms with E-state index in [1.165, 1.54) is 32.0 Å². The predicted molar refractivity (Wildman–Crippen MR) is 152 cm³/mol. The van der Waals surface area contributed by atoms with Crippen molar-refractivity contribution in [2.24, 2.45) is 35.3 Å². The smallest absolute Gasteiger partial charge is 0.305 e. The Hall–Kier alpha value is -3.77. The molecule has 0 saturated heterocycles. The maximum absolute atomic E-state index is 14.3. The summed E-state index contributed by atoms with van der Waals surface area (Å²) in [7, 11) is 2.89. The summed E-state index contributed by atoms with van der Waals surface area (Å²) in [4.78, 5) is 95.7. The maximum atomic E-state index is 14.3. The monoisotopic (exact) mass is 610 g/mol. The zero-order chi connectivity index (χ0) is 32.4. The minimum absolute atomic E-state index is 0.00569. The van der Waals surface area contributed by atoms with Crippen molar-refractivity contribution >= 4 is 40.8 Å². The third kappa shape index (κ3) is 4.52. The normalized spacial score (nSPS) is 33.5. The van der Waals surface area contributed by atoms with Crippen LogP contribution in [0.2, 0.25) is 0 Å². The Balaban J connectivity index is 1.72. The van der Waals surface area contributed by atoms with Gasteiger partial charge in [0.05, 0.1) is 23.4 Å². The van der Waals surface area contributed by atoms with Gasteiger partial charge in [0.2, 0.25) is 5.91 Å². The number of aliphatic hydroxyl groups is 1. The number of phenols is 1. The predicted octanol–water partition coefficient (Wildman–Crippen LogP) is 0.662. The van der Waals surface area contributed by atoms with E-state index in [4.69, 9.17) is 10.5 Å². The van der Waals surface area contributed by atoms with E-state index in [0.29, 0.717) is 11.1 Å². The summed E-state index contributed by atoms with van der Waals surface area (Å²) < 4.78 is 5.85. The molecule has 0 bridgehead atoms. The van der Waals surface area contributed by atoms with Crippen molar-refractivity contribution in [3.63, 3.8) is 0 Å². The van der Waals surface area contributed by atoms with Gasteiger partial charge in [-0.05, 0) is 50.0 Å². The number of hydrogen-bond acceptors (Lipinski definition) is 11. The Morgan fingerprint density at radius 2 is 1.70 bits per heavy atom. The second-order valence-electron chi connectivity index (χ2n) is 12.8. The maximum Gasteiger partial charge on any atom is 0.305 e. The number of aromatic hydroxyl groups is 1. The molecule has 4 aliphatic rings. The van der Waals surface area contributed by atoms with Gasteiger partial charge in [-0.1, -0.05) is 32.8 Å². The number of phenolic OH excluding ortho intramolecular Hbond substituents is 1. The second kappa shape index (κ2) is 11.3. The van der Waals surface area contributed by atoms with Gasteiger partial charge >= 0.3 is 5.97 Å². The fourth-order valence-corrected chi connectivity index (χ4v) is 8.25. The summed E-state index contributed by atoms with van der Waals surface area (Å²) in [6, 6.07) is 1.37. The molecule has 236 valence electrons. The SMILES string of the molecule is CCC(=O)O[C@@H]1[C@@H]2C(C(=O)c3c(O)ccc(CC(=O)C4CCCC4)c3[C@H]2C)C(=O)[C@@]2(O)C(=O)C(C(N)=O)C(=O)[C@H](N(C)C)[C@@H]12. The largest absolute Gasteiger partial charge is 0.507 e. The quantitative estimate of drug-likeness (QED) is 0.289. The minimum Gasteiger partial charge on any atom is -0.507 e. The average molecular weight is 611 g/mol. The van der Waals surface area contributed by atoms with Crippen LogP contribution < -0.4 is 5.73 Å². The van der Waals surface area contributed by atoms with Gasteiger partial charge in [-0.3, -0.25) is 38.5 Å². The molecule has 44 heavy (non-hydrogen) atoms. The first kappa shape index (κ1) is 31.6. The Morgan fingerprint density at radius 3 is 2.27 bits per heavy atom. The number of ketones is 5. The number of likely N-dealkylation sites (N-methyl/N-ethyl adjacent to an activating group) is 1. The lowest BCUT2D eigenvalue weighted by Gasteiger charge is -2.56. The Bertz CT molecular complexity index is 1480. The third-order valence-electron chi connectivity index (χ3n) is 10.3. The minimum atomic E-state index is -3.08. The molecule has 4 N–H and O–H groups in total. The number of fused-ring (bicyclic) bond motifs is 3. The summed E-state index contributed by atoms with van der Waals surface area (Å²) in [5.41, 5.74) is 2.92. The molecule has 1 amide bonds. The topological polar surface area (TPSA) is 198 Å². The fourth-order valence-electron chi connectivity index (χ4n) is 8.25.